The average Bonchev–Trinajstić information content (AvgIpc) is 3.40. The molecule has 1 heterocycles. The highest BCUT2D eigenvalue weighted by molar-refractivity contribution is 7.92. The van der Waals surface area contributed by atoms with E-state index in [0.717, 1.165) is 29.5 Å². The average molecular weight is 508 g/mol. The monoisotopic (exact) mass is 507 g/mol. The summed E-state index contributed by atoms with van der Waals surface area (Å²) in [6.07, 6.45) is 2.48. The molecule has 0 aromatic heterocycles. The van der Waals surface area contributed by atoms with Crippen LogP contribution >= 0.6 is 0 Å². The van der Waals surface area contributed by atoms with Gasteiger partial charge in [-0.1, -0.05) is 54.6 Å². The van der Waals surface area contributed by atoms with Crippen LogP contribution < -0.4 is 14.4 Å². The molecule has 0 saturated carbocycles. The molecule has 0 radical (unpaired) electrons. The number of sulfonamides is 1. The lowest BCUT2D eigenvalue weighted by Crippen LogP contribution is -2.40. The number of anilines is 1. The van der Waals surface area contributed by atoms with Gasteiger partial charge in [-0.05, 0) is 68.2 Å². The van der Waals surface area contributed by atoms with E-state index >= 15 is 0 Å². The van der Waals surface area contributed by atoms with Gasteiger partial charge in [0.2, 0.25) is 5.91 Å². The molecule has 36 heavy (non-hydrogen) atoms. The van der Waals surface area contributed by atoms with Crippen LogP contribution in [0, 0.1) is 0 Å². The second kappa shape index (κ2) is 12.1. The molecule has 1 amide bonds. The summed E-state index contributed by atoms with van der Waals surface area (Å²) < 4.78 is 34.0. The van der Waals surface area contributed by atoms with Gasteiger partial charge in [0.25, 0.3) is 10.0 Å². The van der Waals surface area contributed by atoms with Gasteiger partial charge in [0.1, 0.15) is 12.3 Å². The fourth-order valence-electron chi connectivity index (χ4n) is 4.38. The first-order valence-corrected chi connectivity index (χ1v) is 13.8. The number of benzene rings is 3. The van der Waals surface area contributed by atoms with Gasteiger partial charge in [0.15, 0.2) is 0 Å². The minimum Gasteiger partial charge on any atom is -0.492 e. The Morgan fingerprint density at radius 3 is 2.39 bits per heavy atom. The number of nitrogens with zero attached hydrogens (tertiary/aromatic N) is 2. The summed E-state index contributed by atoms with van der Waals surface area (Å²) in [6.45, 7) is 5.30. The van der Waals surface area contributed by atoms with Crippen molar-refractivity contribution in [3.8, 4) is 5.75 Å². The molecule has 3 aromatic carbocycles. The summed E-state index contributed by atoms with van der Waals surface area (Å²) in [5.74, 6) is 0.00711. The summed E-state index contributed by atoms with van der Waals surface area (Å²) in [7, 11) is -4.01. The van der Waals surface area contributed by atoms with Gasteiger partial charge in [-0.15, -0.1) is 0 Å². The van der Waals surface area contributed by atoms with Crippen LogP contribution in [0.2, 0.25) is 0 Å². The minimum absolute atomic E-state index is 0.110. The number of rotatable bonds is 11. The first-order valence-electron chi connectivity index (χ1n) is 12.3. The number of carbonyl (C=O) groups is 1. The SMILES string of the molecule is CCOc1ccccc1N(CC(=O)NCc1cccc(CN2CCCC2)c1)S(=O)(=O)c1ccccc1. The van der Waals surface area contributed by atoms with Crippen LogP contribution in [0.5, 0.6) is 5.75 Å². The Balaban J connectivity index is 1.51. The van der Waals surface area contributed by atoms with Crippen LogP contribution in [0.15, 0.2) is 83.8 Å². The first-order chi connectivity index (χ1) is 17.5. The number of hydrogen-bond acceptors (Lipinski definition) is 5. The number of hydrogen-bond donors (Lipinski definition) is 1. The van der Waals surface area contributed by atoms with Gasteiger partial charge in [-0.25, -0.2) is 8.42 Å². The van der Waals surface area contributed by atoms with Gasteiger partial charge in [-0.2, -0.15) is 0 Å². The van der Waals surface area contributed by atoms with Gasteiger partial charge in [-0.3, -0.25) is 14.0 Å². The molecule has 4 rings (SSSR count). The Hall–Kier alpha value is -3.36. The number of amides is 1. The lowest BCUT2D eigenvalue weighted by atomic mass is 10.1. The molecule has 0 unspecified atom stereocenters. The minimum atomic E-state index is -4.01. The maximum absolute atomic E-state index is 13.6. The molecule has 8 heteroatoms. The zero-order valence-electron chi connectivity index (χ0n) is 20.6. The van der Waals surface area contributed by atoms with Crippen molar-refractivity contribution < 1.29 is 17.9 Å². The standard InChI is InChI=1S/C28H33N3O4S/c1-2-35-27-16-7-6-15-26(27)31(36(33,34)25-13-4-3-5-14-25)22-28(32)29-20-23-11-10-12-24(19-23)21-30-17-8-9-18-30/h3-7,10-16,19H,2,8-9,17-18,20-22H2,1H3,(H,29,32). The van der Waals surface area contributed by atoms with Gasteiger partial charge in [0, 0.05) is 13.1 Å². The molecular weight excluding hydrogens is 474 g/mol. The van der Waals surface area contributed by atoms with Crippen molar-refractivity contribution in [2.24, 2.45) is 0 Å². The second-order valence-corrected chi connectivity index (χ2v) is 10.7. The Morgan fingerprint density at radius 1 is 0.944 bits per heavy atom. The Morgan fingerprint density at radius 2 is 1.64 bits per heavy atom. The van der Waals surface area contributed by atoms with E-state index in [1.807, 2.05) is 19.1 Å². The van der Waals surface area contributed by atoms with E-state index < -0.39 is 15.9 Å². The second-order valence-electron chi connectivity index (χ2n) is 8.81. The fraction of sp³-hybridized carbons (Fsp3) is 0.321. The number of nitrogens with one attached hydrogen (secondary N) is 1. The molecule has 1 aliphatic rings. The summed E-state index contributed by atoms with van der Waals surface area (Å²) in [5.41, 5.74) is 2.51. The topological polar surface area (TPSA) is 79.0 Å². The molecule has 1 aliphatic heterocycles. The first kappa shape index (κ1) is 25.7. The molecule has 0 aliphatic carbocycles. The largest absolute Gasteiger partial charge is 0.492 e. The molecule has 190 valence electrons. The summed E-state index contributed by atoms with van der Waals surface area (Å²) in [4.78, 5) is 15.6. The summed E-state index contributed by atoms with van der Waals surface area (Å²) >= 11 is 0. The summed E-state index contributed by atoms with van der Waals surface area (Å²) in [6, 6.07) is 23.1. The quantitative estimate of drug-likeness (QED) is 0.421. The number of para-hydroxylation sites is 2. The van der Waals surface area contributed by atoms with E-state index in [2.05, 4.69) is 22.3 Å². The van der Waals surface area contributed by atoms with Crippen LogP contribution in [0.1, 0.15) is 30.9 Å². The number of ether oxygens (including phenoxy) is 1. The molecule has 3 aromatic rings. The predicted octanol–water partition coefficient (Wildman–Crippen LogP) is 4.19. The van der Waals surface area contributed by atoms with E-state index in [1.165, 1.54) is 30.5 Å². The predicted molar refractivity (Wildman–Crippen MR) is 141 cm³/mol. The fourth-order valence-corrected chi connectivity index (χ4v) is 5.84. The van der Waals surface area contributed by atoms with Gasteiger partial charge >= 0.3 is 0 Å². The molecular formula is C28H33N3O4S. The lowest BCUT2D eigenvalue weighted by molar-refractivity contribution is -0.119. The van der Waals surface area contributed by atoms with E-state index in [4.69, 9.17) is 4.74 Å². The van der Waals surface area contributed by atoms with Gasteiger partial charge in [0.05, 0.1) is 17.2 Å². The number of likely N-dealkylation sites (tertiary alicyclic amines) is 1. The molecule has 7 nitrogen and oxygen atoms in total. The smallest absolute Gasteiger partial charge is 0.264 e. The lowest BCUT2D eigenvalue weighted by Gasteiger charge is -2.26. The molecule has 1 saturated heterocycles. The Labute approximate surface area is 213 Å². The van der Waals surface area contributed by atoms with Crippen molar-refractivity contribution in [1.82, 2.24) is 10.2 Å². The van der Waals surface area contributed by atoms with Crippen molar-refractivity contribution in [1.29, 1.82) is 0 Å². The van der Waals surface area contributed by atoms with Crippen molar-refractivity contribution in [3.63, 3.8) is 0 Å². The van der Waals surface area contributed by atoms with E-state index in [1.54, 1.807) is 42.5 Å². The molecule has 0 atom stereocenters. The highest BCUT2D eigenvalue weighted by Gasteiger charge is 2.29. The van der Waals surface area contributed by atoms with Crippen LogP contribution in [-0.4, -0.2) is 45.5 Å². The van der Waals surface area contributed by atoms with E-state index in [-0.39, 0.29) is 11.4 Å². The van der Waals surface area contributed by atoms with Crippen LogP contribution in [0.25, 0.3) is 0 Å². The van der Waals surface area contributed by atoms with Crippen LogP contribution in [0.3, 0.4) is 0 Å². The maximum atomic E-state index is 13.6. The highest BCUT2D eigenvalue weighted by atomic mass is 32.2. The van der Waals surface area contributed by atoms with Crippen molar-refractivity contribution >= 4 is 21.6 Å². The van der Waals surface area contributed by atoms with Gasteiger partial charge < -0.3 is 10.1 Å². The van der Waals surface area contributed by atoms with E-state index in [0.29, 0.717) is 24.6 Å². The van der Waals surface area contributed by atoms with Crippen molar-refractivity contribution in [3.05, 3.63) is 90.0 Å². The van der Waals surface area contributed by atoms with Crippen LogP contribution in [-0.2, 0) is 27.9 Å². The Kier molecular flexibility index (Phi) is 8.61. The maximum Gasteiger partial charge on any atom is 0.264 e. The third kappa shape index (κ3) is 6.44. The summed E-state index contributed by atoms with van der Waals surface area (Å²) in [5, 5.41) is 2.90. The zero-order valence-corrected chi connectivity index (χ0v) is 21.4. The van der Waals surface area contributed by atoms with E-state index in [9.17, 15) is 13.2 Å². The molecule has 0 spiro atoms. The van der Waals surface area contributed by atoms with Crippen molar-refractivity contribution in [2.45, 2.75) is 37.8 Å². The Bertz CT molecular complexity index is 1260. The highest BCUT2D eigenvalue weighted by Crippen LogP contribution is 2.32. The normalized spacial score (nSPS) is 13.9. The zero-order chi connectivity index (χ0) is 25.4. The third-order valence-corrected chi connectivity index (χ3v) is 7.91. The number of carbonyl (C=O) groups excluding carboxylic acids is 1. The molecule has 1 fully saturated rings. The van der Waals surface area contributed by atoms with Crippen molar-refractivity contribution in [2.75, 3.05) is 30.5 Å². The third-order valence-electron chi connectivity index (χ3n) is 6.14. The molecule has 1 N–H and O–H groups in total. The molecule has 0 bridgehead atoms. The van der Waals surface area contributed by atoms with Crippen LogP contribution in [0.4, 0.5) is 5.69 Å².